The fraction of sp³-hybridized carbons (Fsp3) is 0.462. The minimum absolute atomic E-state index is 0.337. The first-order chi connectivity index (χ1) is 8.80. The van der Waals surface area contributed by atoms with Crippen molar-refractivity contribution in [2.24, 2.45) is 0 Å². The molecule has 1 N–H and O–H groups in total. The maximum Gasteiger partial charge on any atom is 0.335 e. The summed E-state index contributed by atoms with van der Waals surface area (Å²) in [5.74, 6) is -0.198. The molecular formula is C13H19NO4S. The average molecular weight is 285 g/mol. The zero-order valence-electron chi connectivity index (χ0n) is 11.2. The maximum atomic E-state index is 10.8. The molecule has 1 aliphatic rings. The van der Waals surface area contributed by atoms with E-state index in [0.717, 1.165) is 5.56 Å². The van der Waals surface area contributed by atoms with E-state index in [1.54, 1.807) is 18.2 Å². The predicted octanol–water partition coefficient (Wildman–Crippen LogP) is 1.04. The standard InChI is InChI=1S/C8H8O2.C5H11NO2S/c1-6-3-2-4-7(5-6)8(9)10;1-6-2-4-9(7,8)5-3-6/h2-5H,1H3,(H,9,10);2-5H2,1H3. The summed E-state index contributed by atoms with van der Waals surface area (Å²) in [6.45, 7) is 3.26. The SMILES string of the molecule is CN1CCS(=O)(=O)CC1.Cc1cccc(C(=O)O)c1. The second-order valence-electron chi connectivity index (χ2n) is 4.63. The van der Waals surface area contributed by atoms with Gasteiger partial charge in [-0.3, -0.25) is 0 Å². The van der Waals surface area contributed by atoms with E-state index in [4.69, 9.17) is 5.11 Å². The molecule has 1 heterocycles. The molecule has 19 heavy (non-hydrogen) atoms. The highest BCUT2D eigenvalue weighted by molar-refractivity contribution is 7.91. The molecule has 6 heteroatoms. The Balaban J connectivity index is 0.000000191. The van der Waals surface area contributed by atoms with Crippen LogP contribution in [0.5, 0.6) is 0 Å². The van der Waals surface area contributed by atoms with Crippen molar-refractivity contribution in [3.05, 3.63) is 35.4 Å². The van der Waals surface area contributed by atoms with Crippen LogP contribution in [-0.4, -0.2) is 56.0 Å². The number of nitrogens with zero attached hydrogens (tertiary/aromatic N) is 1. The Morgan fingerprint density at radius 3 is 2.21 bits per heavy atom. The van der Waals surface area contributed by atoms with Gasteiger partial charge in [0.2, 0.25) is 0 Å². The Bertz CT molecular complexity index is 525. The van der Waals surface area contributed by atoms with Gasteiger partial charge in [-0.15, -0.1) is 0 Å². The van der Waals surface area contributed by atoms with Crippen LogP contribution in [0.15, 0.2) is 24.3 Å². The summed E-state index contributed by atoms with van der Waals surface area (Å²) in [7, 11) is -0.718. The van der Waals surface area contributed by atoms with Gasteiger partial charge >= 0.3 is 5.97 Å². The fourth-order valence-corrected chi connectivity index (χ4v) is 2.97. The molecule has 0 amide bonds. The van der Waals surface area contributed by atoms with Crippen LogP contribution in [0.25, 0.3) is 0 Å². The van der Waals surface area contributed by atoms with E-state index < -0.39 is 15.8 Å². The topological polar surface area (TPSA) is 74.7 Å². The Morgan fingerprint density at radius 1 is 1.26 bits per heavy atom. The molecule has 1 saturated heterocycles. The number of hydrogen-bond donors (Lipinski definition) is 1. The van der Waals surface area contributed by atoms with Crippen molar-refractivity contribution in [1.29, 1.82) is 0 Å². The van der Waals surface area contributed by atoms with Crippen LogP contribution in [0, 0.1) is 6.92 Å². The zero-order chi connectivity index (χ0) is 14.5. The van der Waals surface area contributed by atoms with E-state index >= 15 is 0 Å². The highest BCUT2D eigenvalue weighted by Gasteiger charge is 2.17. The molecule has 0 aliphatic carbocycles. The Labute approximate surface area is 113 Å². The van der Waals surface area contributed by atoms with Crippen LogP contribution < -0.4 is 0 Å². The summed E-state index contributed by atoms with van der Waals surface area (Å²) < 4.78 is 21.5. The van der Waals surface area contributed by atoms with Crippen LogP contribution in [-0.2, 0) is 9.84 Å². The van der Waals surface area contributed by atoms with Crippen molar-refractivity contribution >= 4 is 15.8 Å². The molecule has 5 nitrogen and oxygen atoms in total. The van der Waals surface area contributed by atoms with Gasteiger partial charge in [-0.2, -0.15) is 0 Å². The summed E-state index contributed by atoms with van der Waals surface area (Å²) in [6.07, 6.45) is 0. The smallest absolute Gasteiger partial charge is 0.335 e. The van der Waals surface area contributed by atoms with Gasteiger partial charge in [0, 0.05) is 13.1 Å². The van der Waals surface area contributed by atoms with Crippen molar-refractivity contribution in [2.75, 3.05) is 31.6 Å². The lowest BCUT2D eigenvalue weighted by Gasteiger charge is -2.21. The fourth-order valence-electron chi connectivity index (χ4n) is 1.58. The largest absolute Gasteiger partial charge is 0.478 e. The van der Waals surface area contributed by atoms with Gasteiger partial charge in [0.25, 0.3) is 0 Å². The molecule has 0 aromatic heterocycles. The second-order valence-corrected chi connectivity index (χ2v) is 6.93. The van der Waals surface area contributed by atoms with Crippen molar-refractivity contribution in [3.63, 3.8) is 0 Å². The zero-order valence-corrected chi connectivity index (χ0v) is 12.0. The molecule has 1 fully saturated rings. The average Bonchev–Trinajstić information content (AvgIpc) is 2.34. The quantitative estimate of drug-likeness (QED) is 0.834. The molecule has 2 rings (SSSR count). The number of carboxylic acids is 1. The minimum Gasteiger partial charge on any atom is -0.478 e. The third kappa shape index (κ3) is 5.85. The first kappa shape index (κ1) is 15.7. The second kappa shape index (κ2) is 6.68. The van der Waals surface area contributed by atoms with Crippen molar-refractivity contribution in [3.8, 4) is 0 Å². The molecule has 1 aromatic rings. The van der Waals surface area contributed by atoms with Crippen LogP contribution in [0.1, 0.15) is 15.9 Å². The molecule has 1 aromatic carbocycles. The number of carbonyl (C=O) groups is 1. The Hall–Kier alpha value is -1.40. The third-order valence-corrected chi connectivity index (χ3v) is 4.44. The van der Waals surface area contributed by atoms with Gasteiger partial charge in [0.1, 0.15) is 0 Å². The van der Waals surface area contributed by atoms with Gasteiger partial charge in [-0.25, -0.2) is 13.2 Å². The van der Waals surface area contributed by atoms with Gasteiger partial charge < -0.3 is 10.0 Å². The van der Waals surface area contributed by atoms with Gasteiger partial charge in [0.05, 0.1) is 17.1 Å². The molecular weight excluding hydrogens is 266 g/mol. The number of rotatable bonds is 1. The lowest BCUT2D eigenvalue weighted by molar-refractivity contribution is 0.0696. The van der Waals surface area contributed by atoms with E-state index in [0.29, 0.717) is 30.2 Å². The van der Waals surface area contributed by atoms with Gasteiger partial charge in [0.15, 0.2) is 9.84 Å². The monoisotopic (exact) mass is 285 g/mol. The maximum absolute atomic E-state index is 10.8. The third-order valence-electron chi connectivity index (χ3n) is 2.83. The van der Waals surface area contributed by atoms with Crippen molar-refractivity contribution < 1.29 is 18.3 Å². The first-order valence-electron chi connectivity index (χ1n) is 5.99. The highest BCUT2D eigenvalue weighted by atomic mass is 32.2. The van der Waals surface area contributed by atoms with Crippen LogP contribution in [0.3, 0.4) is 0 Å². The van der Waals surface area contributed by atoms with E-state index in [9.17, 15) is 13.2 Å². The van der Waals surface area contributed by atoms with E-state index in [1.807, 2.05) is 24.9 Å². The number of aryl methyl sites for hydroxylation is 1. The Kier molecular flexibility index (Phi) is 5.50. The first-order valence-corrected chi connectivity index (χ1v) is 7.81. The number of benzene rings is 1. The number of hydrogen-bond acceptors (Lipinski definition) is 4. The van der Waals surface area contributed by atoms with Crippen LogP contribution >= 0.6 is 0 Å². The molecule has 0 bridgehead atoms. The van der Waals surface area contributed by atoms with Gasteiger partial charge in [-0.1, -0.05) is 17.7 Å². The Morgan fingerprint density at radius 2 is 1.84 bits per heavy atom. The molecule has 106 valence electrons. The number of carboxylic acid groups (broad SMARTS) is 1. The molecule has 0 saturated carbocycles. The lowest BCUT2D eigenvalue weighted by atomic mass is 10.1. The van der Waals surface area contributed by atoms with Crippen molar-refractivity contribution in [1.82, 2.24) is 4.90 Å². The summed E-state index contributed by atoms with van der Waals surface area (Å²) in [4.78, 5) is 12.4. The molecule has 0 radical (unpaired) electrons. The molecule has 1 aliphatic heterocycles. The molecule has 0 atom stereocenters. The highest BCUT2D eigenvalue weighted by Crippen LogP contribution is 2.02. The van der Waals surface area contributed by atoms with E-state index in [1.165, 1.54) is 0 Å². The number of sulfone groups is 1. The summed E-state index contributed by atoms with van der Waals surface area (Å²) in [6, 6.07) is 6.82. The predicted molar refractivity (Wildman–Crippen MR) is 74.3 cm³/mol. The van der Waals surface area contributed by atoms with E-state index in [-0.39, 0.29) is 0 Å². The van der Waals surface area contributed by atoms with Crippen molar-refractivity contribution in [2.45, 2.75) is 6.92 Å². The van der Waals surface area contributed by atoms with Crippen LogP contribution in [0.2, 0.25) is 0 Å². The molecule has 0 unspecified atom stereocenters. The lowest BCUT2D eigenvalue weighted by Crippen LogP contribution is -2.37. The number of aromatic carboxylic acids is 1. The van der Waals surface area contributed by atoms with Crippen LogP contribution in [0.4, 0.5) is 0 Å². The molecule has 0 spiro atoms. The van der Waals surface area contributed by atoms with Gasteiger partial charge in [-0.05, 0) is 26.1 Å². The van der Waals surface area contributed by atoms with E-state index in [2.05, 4.69) is 0 Å². The summed E-state index contributed by atoms with van der Waals surface area (Å²) >= 11 is 0. The normalized spacial score (nSPS) is 18.2. The minimum atomic E-state index is -2.66. The summed E-state index contributed by atoms with van der Waals surface area (Å²) in [5.41, 5.74) is 1.32. The summed E-state index contributed by atoms with van der Waals surface area (Å²) in [5, 5.41) is 8.51.